The fourth-order valence-corrected chi connectivity index (χ4v) is 4.41. The number of benzene rings is 3. The number of nitrogens with zero attached hydrogens (tertiary/aromatic N) is 1. The van der Waals surface area contributed by atoms with Gasteiger partial charge in [0.1, 0.15) is 30.0 Å². The lowest BCUT2D eigenvalue weighted by molar-refractivity contribution is -0.125. The first-order chi connectivity index (χ1) is 16.7. The Morgan fingerprint density at radius 1 is 1.11 bits per heavy atom. The van der Waals surface area contributed by atoms with E-state index in [0.717, 1.165) is 22.7 Å². The van der Waals surface area contributed by atoms with Crippen molar-refractivity contribution in [3.8, 4) is 17.0 Å². The number of amides is 1. The summed E-state index contributed by atoms with van der Waals surface area (Å²) in [5, 5.41) is 19.9. The minimum atomic E-state index is -3.38. The first kappa shape index (κ1) is 24.4. The second kappa shape index (κ2) is 9.85. The number of aliphatic hydroxyl groups excluding tert-OH is 1. The maximum absolute atomic E-state index is 13.4. The third-order valence-corrected chi connectivity index (χ3v) is 6.67. The van der Waals surface area contributed by atoms with E-state index in [-0.39, 0.29) is 10.7 Å². The molecule has 8 nitrogen and oxygen atoms in total. The molecular weight excluding hydrogens is 473 g/mol. The summed E-state index contributed by atoms with van der Waals surface area (Å²) in [5.74, 6) is -0.437. The molecule has 0 aliphatic heterocycles. The van der Waals surface area contributed by atoms with E-state index in [2.05, 4.69) is 15.5 Å². The molecule has 0 spiro atoms. The molecular formula is C25H24FN3O5S. The number of carbonyl (C=O) groups is 1. The van der Waals surface area contributed by atoms with E-state index in [1.165, 1.54) is 24.3 Å². The van der Waals surface area contributed by atoms with Crippen LogP contribution < -0.4 is 10.1 Å². The topological polar surface area (TPSA) is 121 Å². The molecule has 3 N–H and O–H groups in total. The molecule has 4 rings (SSSR count). The Bertz CT molecular complexity index is 1450. The highest BCUT2D eigenvalue weighted by Gasteiger charge is 2.24. The molecule has 10 heteroatoms. The molecule has 1 heterocycles. The Labute approximate surface area is 201 Å². The molecule has 0 saturated heterocycles. The molecule has 2 atom stereocenters. The molecule has 4 aromatic rings. The molecule has 35 heavy (non-hydrogen) atoms. The molecule has 182 valence electrons. The van der Waals surface area contributed by atoms with Crippen LogP contribution in [0, 0.1) is 5.82 Å². The van der Waals surface area contributed by atoms with E-state index in [9.17, 15) is 17.6 Å². The molecule has 0 unspecified atom stereocenters. The zero-order valence-corrected chi connectivity index (χ0v) is 19.8. The molecule has 0 saturated carbocycles. The van der Waals surface area contributed by atoms with Crippen molar-refractivity contribution in [2.75, 3.05) is 12.9 Å². The van der Waals surface area contributed by atoms with Gasteiger partial charge in [-0.1, -0.05) is 12.1 Å². The Morgan fingerprint density at radius 3 is 2.43 bits per heavy atom. The number of sulfone groups is 1. The third kappa shape index (κ3) is 5.50. The van der Waals surface area contributed by atoms with Crippen molar-refractivity contribution in [3.05, 3.63) is 78.1 Å². The predicted molar refractivity (Wildman–Crippen MR) is 129 cm³/mol. The highest BCUT2D eigenvalue weighted by molar-refractivity contribution is 7.90. The Morgan fingerprint density at radius 2 is 1.80 bits per heavy atom. The summed E-state index contributed by atoms with van der Waals surface area (Å²) in [4.78, 5) is 12.0. The van der Waals surface area contributed by atoms with Crippen LogP contribution in [0.25, 0.3) is 22.2 Å². The van der Waals surface area contributed by atoms with Crippen molar-refractivity contribution in [1.82, 2.24) is 15.5 Å². The van der Waals surface area contributed by atoms with Gasteiger partial charge >= 0.3 is 0 Å². The minimum Gasteiger partial charge on any atom is -0.484 e. The number of hydrogen-bond acceptors (Lipinski definition) is 6. The molecule has 0 aliphatic carbocycles. The van der Waals surface area contributed by atoms with E-state index in [0.29, 0.717) is 17.0 Å². The number of halogens is 1. The average molecular weight is 498 g/mol. The molecule has 3 aromatic carbocycles. The number of aliphatic hydroxyl groups is 1. The van der Waals surface area contributed by atoms with Crippen LogP contribution >= 0.6 is 0 Å². The number of aromatic nitrogens is 2. The lowest BCUT2D eigenvalue weighted by atomic mass is 10.0. The zero-order valence-electron chi connectivity index (χ0n) is 19.0. The predicted octanol–water partition coefficient (Wildman–Crippen LogP) is 3.39. The summed E-state index contributed by atoms with van der Waals surface area (Å²) >= 11 is 0. The van der Waals surface area contributed by atoms with E-state index in [1.54, 1.807) is 49.4 Å². The van der Waals surface area contributed by atoms with Gasteiger partial charge in [-0.3, -0.25) is 9.89 Å². The number of carbonyl (C=O) groups excluding carboxylic acids is 1. The SMILES string of the molecule is C[C@H](NC(=O)CO)[C@H](Oc1ccc2[nH]nc(-c3ccc(F)cc3)c2c1)c1ccc(S(C)(=O)=O)cc1. The fourth-order valence-electron chi connectivity index (χ4n) is 3.78. The van der Waals surface area contributed by atoms with Crippen LogP contribution in [-0.2, 0) is 14.6 Å². The van der Waals surface area contributed by atoms with Gasteiger partial charge in [0, 0.05) is 17.2 Å². The van der Waals surface area contributed by atoms with Gasteiger partial charge in [-0.15, -0.1) is 0 Å². The lowest BCUT2D eigenvalue weighted by Crippen LogP contribution is -2.40. The molecule has 1 amide bonds. The zero-order chi connectivity index (χ0) is 25.2. The number of fused-ring (bicyclic) bond motifs is 1. The van der Waals surface area contributed by atoms with Crippen LogP contribution in [0.15, 0.2) is 71.6 Å². The maximum atomic E-state index is 13.4. The van der Waals surface area contributed by atoms with E-state index in [1.807, 2.05) is 0 Å². The highest BCUT2D eigenvalue weighted by atomic mass is 32.2. The van der Waals surface area contributed by atoms with Crippen molar-refractivity contribution in [2.45, 2.75) is 24.0 Å². The number of aromatic amines is 1. The van der Waals surface area contributed by atoms with E-state index in [4.69, 9.17) is 9.84 Å². The third-order valence-electron chi connectivity index (χ3n) is 5.54. The first-order valence-electron chi connectivity index (χ1n) is 10.8. The van der Waals surface area contributed by atoms with Gasteiger partial charge in [0.05, 0.1) is 16.5 Å². The van der Waals surface area contributed by atoms with Gasteiger partial charge in [-0.2, -0.15) is 5.10 Å². The van der Waals surface area contributed by atoms with E-state index >= 15 is 0 Å². The van der Waals surface area contributed by atoms with Crippen molar-refractivity contribution < 1.29 is 27.4 Å². The summed E-state index contributed by atoms with van der Waals surface area (Å²) < 4.78 is 43.3. The van der Waals surface area contributed by atoms with Gasteiger partial charge in [-0.25, -0.2) is 12.8 Å². The molecule has 0 bridgehead atoms. The van der Waals surface area contributed by atoms with Crippen LogP contribution in [-0.4, -0.2) is 48.5 Å². The number of rotatable bonds is 8. The number of hydrogen-bond donors (Lipinski definition) is 3. The average Bonchev–Trinajstić information content (AvgIpc) is 3.25. The van der Waals surface area contributed by atoms with Crippen molar-refractivity contribution in [3.63, 3.8) is 0 Å². The number of nitrogens with one attached hydrogen (secondary N) is 2. The lowest BCUT2D eigenvalue weighted by Gasteiger charge is -2.26. The Hall–Kier alpha value is -3.76. The van der Waals surface area contributed by atoms with Crippen LogP contribution in [0.3, 0.4) is 0 Å². The minimum absolute atomic E-state index is 0.163. The summed E-state index contributed by atoms with van der Waals surface area (Å²) in [6.07, 6.45) is 0.427. The normalized spacial score (nSPS) is 13.4. The van der Waals surface area contributed by atoms with Crippen molar-refractivity contribution in [1.29, 1.82) is 0 Å². The molecule has 0 radical (unpaired) electrons. The first-order valence-corrected chi connectivity index (χ1v) is 12.7. The van der Waals surface area contributed by atoms with Gasteiger partial charge in [0.2, 0.25) is 5.91 Å². The Kier molecular flexibility index (Phi) is 6.86. The monoisotopic (exact) mass is 497 g/mol. The largest absolute Gasteiger partial charge is 0.484 e. The fraction of sp³-hybridized carbons (Fsp3) is 0.200. The number of ether oxygens (including phenoxy) is 1. The summed E-state index contributed by atoms with van der Waals surface area (Å²) in [5.41, 5.74) is 2.74. The van der Waals surface area contributed by atoms with Crippen LogP contribution in [0.1, 0.15) is 18.6 Å². The quantitative estimate of drug-likeness (QED) is 0.343. The maximum Gasteiger partial charge on any atom is 0.246 e. The van der Waals surface area contributed by atoms with Gasteiger partial charge in [-0.05, 0) is 67.1 Å². The molecule has 1 aromatic heterocycles. The van der Waals surface area contributed by atoms with Gasteiger partial charge in [0.25, 0.3) is 0 Å². The second-order valence-electron chi connectivity index (χ2n) is 8.18. The summed E-state index contributed by atoms with van der Waals surface area (Å²) in [7, 11) is -3.38. The van der Waals surface area contributed by atoms with Crippen molar-refractivity contribution in [2.24, 2.45) is 0 Å². The summed E-state index contributed by atoms with van der Waals surface area (Å²) in [6, 6.07) is 17.0. The van der Waals surface area contributed by atoms with Crippen LogP contribution in [0.4, 0.5) is 4.39 Å². The van der Waals surface area contributed by atoms with Crippen LogP contribution in [0.5, 0.6) is 5.75 Å². The molecule has 0 aliphatic rings. The van der Waals surface area contributed by atoms with Crippen molar-refractivity contribution >= 4 is 26.6 Å². The van der Waals surface area contributed by atoms with Gasteiger partial charge < -0.3 is 15.2 Å². The van der Waals surface area contributed by atoms with E-state index < -0.39 is 34.5 Å². The number of H-pyrrole nitrogens is 1. The van der Waals surface area contributed by atoms with Crippen LogP contribution in [0.2, 0.25) is 0 Å². The smallest absolute Gasteiger partial charge is 0.246 e. The second-order valence-corrected chi connectivity index (χ2v) is 10.2. The standard InChI is InChI=1S/C25H24FN3O5S/c1-15(27-23(31)14-30)25(17-5-10-20(11-6-17)35(2,32)33)34-19-9-12-22-21(13-19)24(29-28-22)16-3-7-18(26)8-4-16/h3-13,15,25,30H,14H2,1-2H3,(H,27,31)(H,28,29)/t15-,25-/m0/s1. The highest BCUT2D eigenvalue weighted by Crippen LogP contribution is 2.32. The molecule has 0 fully saturated rings. The summed E-state index contributed by atoms with van der Waals surface area (Å²) in [6.45, 7) is 1.05. The Balaban J connectivity index is 1.70. The van der Waals surface area contributed by atoms with Gasteiger partial charge in [0.15, 0.2) is 9.84 Å².